The first-order valence-corrected chi connectivity index (χ1v) is 7.11. The molecule has 0 N–H and O–H groups in total. The lowest BCUT2D eigenvalue weighted by atomic mass is 10.2. The van der Waals surface area contributed by atoms with Crippen LogP contribution in [0.5, 0.6) is 0 Å². The summed E-state index contributed by atoms with van der Waals surface area (Å²) in [5.74, 6) is -0.384. The summed E-state index contributed by atoms with van der Waals surface area (Å²) in [7, 11) is 0. The van der Waals surface area contributed by atoms with E-state index in [9.17, 15) is 9.18 Å². The molecular weight excluding hydrogens is 317 g/mol. The predicted octanol–water partition coefficient (Wildman–Crippen LogP) is 4.32. The molecule has 2 aromatic rings. The number of amides is 1. The van der Waals surface area contributed by atoms with Crippen molar-refractivity contribution in [2.75, 3.05) is 11.4 Å². The molecule has 1 amide bonds. The molecule has 0 atom stereocenters. The molecule has 94 valence electrons. The molecule has 0 radical (unpaired) electrons. The number of thiophene rings is 1. The molecule has 0 unspecified atom stereocenters. The Morgan fingerprint density at radius 2 is 2.00 bits per heavy atom. The number of nitrogens with zero attached hydrogens (tertiary/aromatic N) is 1. The molecule has 18 heavy (non-hydrogen) atoms. The van der Waals surface area contributed by atoms with E-state index in [4.69, 9.17) is 0 Å². The van der Waals surface area contributed by atoms with Gasteiger partial charge in [0.1, 0.15) is 10.7 Å². The van der Waals surface area contributed by atoms with Gasteiger partial charge < -0.3 is 4.90 Å². The fourth-order valence-electron chi connectivity index (χ4n) is 1.63. The summed E-state index contributed by atoms with van der Waals surface area (Å²) in [4.78, 5) is 14.6. The Morgan fingerprint density at radius 3 is 2.50 bits per heavy atom. The van der Waals surface area contributed by atoms with Crippen LogP contribution in [-0.2, 0) is 0 Å². The van der Waals surface area contributed by atoms with Gasteiger partial charge >= 0.3 is 0 Å². The normalized spacial score (nSPS) is 10.4. The zero-order chi connectivity index (χ0) is 13.1. The van der Waals surface area contributed by atoms with Crippen LogP contribution in [0.2, 0.25) is 0 Å². The van der Waals surface area contributed by atoms with E-state index in [1.807, 2.05) is 18.4 Å². The van der Waals surface area contributed by atoms with Crippen LogP contribution < -0.4 is 4.90 Å². The third kappa shape index (κ3) is 2.62. The minimum absolute atomic E-state index is 0.0778. The lowest BCUT2D eigenvalue weighted by Crippen LogP contribution is -2.30. The number of hydrogen-bond donors (Lipinski definition) is 0. The Morgan fingerprint density at radius 1 is 1.33 bits per heavy atom. The van der Waals surface area contributed by atoms with E-state index in [1.165, 1.54) is 23.5 Å². The van der Waals surface area contributed by atoms with Crippen molar-refractivity contribution in [1.29, 1.82) is 0 Å². The van der Waals surface area contributed by atoms with Gasteiger partial charge in [0, 0.05) is 16.7 Å². The Balaban J connectivity index is 2.32. The van der Waals surface area contributed by atoms with E-state index < -0.39 is 0 Å². The average Bonchev–Trinajstić information content (AvgIpc) is 2.78. The Hall–Kier alpha value is -1.20. The van der Waals surface area contributed by atoms with Gasteiger partial charge in [-0.05, 0) is 58.6 Å². The fraction of sp³-hybridized carbons (Fsp3) is 0.154. The molecule has 5 heteroatoms. The second-order valence-electron chi connectivity index (χ2n) is 3.62. The second kappa shape index (κ2) is 5.63. The molecule has 0 saturated heterocycles. The van der Waals surface area contributed by atoms with Gasteiger partial charge in [-0.25, -0.2) is 4.39 Å². The van der Waals surface area contributed by atoms with Crippen LogP contribution in [0.25, 0.3) is 0 Å². The van der Waals surface area contributed by atoms with Crippen LogP contribution in [-0.4, -0.2) is 12.5 Å². The number of hydrogen-bond acceptors (Lipinski definition) is 2. The molecule has 0 aliphatic rings. The molecule has 1 aromatic carbocycles. The highest BCUT2D eigenvalue weighted by Crippen LogP contribution is 2.26. The minimum atomic E-state index is -0.306. The van der Waals surface area contributed by atoms with Crippen molar-refractivity contribution in [3.63, 3.8) is 0 Å². The number of carbonyl (C=O) groups is 1. The molecule has 1 aromatic heterocycles. The van der Waals surface area contributed by atoms with Gasteiger partial charge in [0.2, 0.25) is 0 Å². The predicted molar refractivity (Wildman–Crippen MR) is 75.8 cm³/mol. The Kier molecular flexibility index (Phi) is 4.14. The van der Waals surface area contributed by atoms with E-state index >= 15 is 0 Å². The zero-order valence-electron chi connectivity index (χ0n) is 9.69. The van der Waals surface area contributed by atoms with Crippen LogP contribution in [0.4, 0.5) is 10.1 Å². The van der Waals surface area contributed by atoms with Crippen molar-refractivity contribution in [2.24, 2.45) is 0 Å². The molecular formula is C13H11BrFNOS. The number of halogens is 2. The smallest absolute Gasteiger partial charge is 0.269 e. The highest BCUT2D eigenvalue weighted by atomic mass is 79.9. The van der Waals surface area contributed by atoms with E-state index in [0.717, 1.165) is 4.47 Å². The van der Waals surface area contributed by atoms with Crippen molar-refractivity contribution >= 4 is 38.9 Å². The zero-order valence-corrected chi connectivity index (χ0v) is 12.1. The number of rotatable bonds is 3. The van der Waals surface area contributed by atoms with Crippen molar-refractivity contribution in [3.05, 3.63) is 50.9 Å². The highest BCUT2D eigenvalue weighted by molar-refractivity contribution is 9.10. The van der Waals surface area contributed by atoms with Crippen LogP contribution >= 0.6 is 27.3 Å². The summed E-state index contributed by atoms with van der Waals surface area (Å²) in [5, 5.41) is 1.86. The molecule has 0 spiro atoms. The van der Waals surface area contributed by atoms with Crippen molar-refractivity contribution in [2.45, 2.75) is 6.92 Å². The number of carbonyl (C=O) groups excluding carboxylic acids is 1. The van der Waals surface area contributed by atoms with Gasteiger partial charge in [-0.3, -0.25) is 4.79 Å². The Labute approximate surface area is 117 Å². The standard InChI is InChI=1S/C13H11BrFNOS/c1-2-16(10-5-3-9(15)4-6-10)13(17)12-11(14)7-8-18-12/h3-8H,2H2,1H3. The van der Waals surface area contributed by atoms with Crippen molar-refractivity contribution in [1.82, 2.24) is 0 Å². The van der Waals surface area contributed by atoms with Gasteiger partial charge in [-0.15, -0.1) is 11.3 Å². The first kappa shape index (κ1) is 13.2. The van der Waals surface area contributed by atoms with Gasteiger partial charge in [0.25, 0.3) is 5.91 Å². The van der Waals surface area contributed by atoms with Crippen molar-refractivity contribution < 1.29 is 9.18 Å². The summed E-state index contributed by atoms with van der Waals surface area (Å²) in [6, 6.07) is 7.77. The summed E-state index contributed by atoms with van der Waals surface area (Å²) >= 11 is 4.74. The maximum Gasteiger partial charge on any atom is 0.269 e. The quantitative estimate of drug-likeness (QED) is 0.822. The number of anilines is 1. The maximum atomic E-state index is 12.9. The summed E-state index contributed by atoms with van der Waals surface area (Å²) < 4.78 is 13.7. The molecule has 2 rings (SSSR count). The second-order valence-corrected chi connectivity index (χ2v) is 5.39. The first-order chi connectivity index (χ1) is 8.63. The molecule has 0 bridgehead atoms. The van der Waals surface area contributed by atoms with Gasteiger partial charge in [0.05, 0.1) is 0 Å². The Bertz CT molecular complexity index is 552. The van der Waals surface area contributed by atoms with Crippen LogP contribution in [0.3, 0.4) is 0 Å². The number of benzene rings is 1. The molecule has 0 aliphatic heterocycles. The third-order valence-electron chi connectivity index (χ3n) is 2.51. The van der Waals surface area contributed by atoms with Crippen LogP contribution in [0.15, 0.2) is 40.2 Å². The topological polar surface area (TPSA) is 20.3 Å². The average molecular weight is 328 g/mol. The lowest BCUT2D eigenvalue weighted by Gasteiger charge is -2.20. The SMILES string of the molecule is CCN(C(=O)c1sccc1Br)c1ccc(F)cc1. The van der Waals surface area contributed by atoms with E-state index in [-0.39, 0.29) is 11.7 Å². The van der Waals surface area contributed by atoms with Crippen molar-refractivity contribution in [3.8, 4) is 0 Å². The fourth-order valence-corrected chi connectivity index (χ4v) is 3.12. The minimum Gasteiger partial charge on any atom is -0.308 e. The first-order valence-electron chi connectivity index (χ1n) is 5.44. The van der Waals surface area contributed by atoms with Crippen LogP contribution in [0.1, 0.15) is 16.6 Å². The summed E-state index contributed by atoms with van der Waals surface area (Å²) in [5.41, 5.74) is 0.698. The maximum absolute atomic E-state index is 12.9. The lowest BCUT2D eigenvalue weighted by molar-refractivity contribution is 0.0991. The van der Waals surface area contributed by atoms with Gasteiger partial charge in [-0.1, -0.05) is 0 Å². The van der Waals surface area contributed by atoms with Gasteiger partial charge in [0.15, 0.2) is 0 Å². The molecule has 0 aliphatic carbocycles. The summed E-state index contributed by atoms with van der Waals surface area (Å²) in [6.45, 7) is 2.43. The van der Waals surface area contributed by atoms with Crippen LogP contribution in [0, 0.1) is 5.82 Å². The molecule has 2 nitrogen and oxygen atoms in total. The summed E-state index contributed by atoms with van der Waals surface area (Å²) in [6.07, 6.45) is 0. The molecule has 0 fully saturated rings. The van der Waals surface area contributed by atoms with E-state index in [0.29, 0.717) is 17.1 Å². The van der Waals surface area contributed by atoms with E-state index in [2.05, 4.69) is 15.9 Å². The van der Waals surface area contributed by atoms with E-state index in [1.54, 1.807) is 17.0 Å². The largest absolute Gasteiger partial charge is 0.308 e. The van der Waals surface area contributed by atoms with Gasteiger partial charge in [-0.2, -0.15) is 0 Å². The monoisotopic (exact) mass is 327 g/mol. The highest BCUT2D eigenvalue weighted by Gasteiger charge is 2.19. The molecule has 1 heterocycles. The molecule has 0 saturated carbocycles. The third-order valence-corrected chi connectivity index (χ3v) is 4.34.